The zero-order valence-electron chi connectivity index (χ0n) is 11.3. The Balaban J connectivity index is 3.16. The molecular weight excluding hydrogens is 348 g/mol. The molecular formula is C13H16BrClN2O3. The molecule has 0 atom stereocenters. The number of nitro benzene ring substituents is 1. The number of benzene rings is 1. The van der Waals surface area contributed by atoms with Crippen LogP contribution in [-0.2, 0) is 0 Å². The molecule has 0 aliphatic rings. The molecule has 0 aliphatic carbocycles. The second-order valence-corrected chi connectivity index (χ2v) is 5.78. The number of hydrogen-bond acceptors (Lipinski definition) is 3. The Morgan fingerprint density at radius 2 is 2.15 bits per heavy atom. The summed E-state index contributed by atoms with van der Waals surface area (Å²) in [6.45, 7) is 4.29. The van der Waals surface area contributed by atoms with Gasteiger partial charge in [0.2, 0.25) is 0 Å². The fourth-order valence-electron chi connectivity index (χ4n) is 1.82. The molecule has 0 unspecified atom stereocenters. The summed E-state index contributed by atoms with van der Waals surface area (Å²) in [4.78, 5) is 24.6. The molecule has 0 spiro atoms. The first-order chi connectivity index (χ1) is 9.38. The Morgan fingerprint density at radius 1 is 1.50 bits per heavy atom. The Kier molecular flexibility index (Phi) is 6.42. The number of nitrogens with zero attached hydrogens (tertiary/aromatic N) is 2. The van der Waals surface area contributed by atoms with Gasteiger partial charge < -0.3 is 4.90 Å². The average Bonchev–Trinajstić information content (AvgIpc) is 2.38. The highest BCUT2D eigenvalue weighted by Gasteiger charge is 2.26. The maximum Gasteiger partial charge on any atom is 0.282 e. The van der Waals surface area contributed by atoms with Crippen LogP contribution >= 0.6 is 27.5 Å². The van der Waals surface area contributed by atoms with Crippen molar-refractivity contribution in [2.24, 2.45) is 0 Å². The van der Waals surface area contributed by atoms with Crippen LogP contribution in [0.3, 0.4) is 0 Å². The molecule has 0 saturated heterocycles. The van der Waals surface area contributed by atoms with Gasteiger partial charge in [-0.25, -0.2) is 0 Å². The molecule has 0 aromatic heterocycles. The Bertz CT molecular complexity index is 508. The third-order valence-electron chi connectivity index (χ3n) is 2.80. The van der Waals surface area contributed by atoms with Crippen molar-refractivity contribution >= 4 is 39.1 Å². The molecule has 0 radical (unpaired) electrons. The number of halogens is 2. The van der Waals surface area contributed by atoms with E-state index in [9.17, 15) is 14.9 Å². The Labute approximate surface area is 131 Å². The second kappa shape index (κ2) is 7.59. The number of carbonyl (C=O) groups excluding carboxylic acids is 1. The molecule has 0 heterocycles. The third kappa shape index (κ3) is 4.18. The molecule has 0 N–H and O–H groups in total. The van der Waals surface area contributed by atoms with E-state index in [0.717, 1.165) is 11.8 Å². The van der Waals surface area contributed by atoms with Crippen LogP contribution in [-0.4, -0.2) is 33.6 Å². The van der Waals surface area contributed by atoms with Crippen LogP contribution in [0, 0.1) is 10.1 Å². The molecule has 0 saturated carbocycles. The van der Waals surface area contributed by atoms with Crippen molar-refractivity contribution in [1.82, 2.24) is 4.90 Å². The van der Waals surface area contributed by atoms with Crippen LogP contribution in [0.25, 0.3) is 0 Å². The molecule has 0 fully saturated rings. The lowest BCUT2D eigenvalue weighted by Crippen LogP contribution is -2.38. The van der Waals surface area contributed by atoms with Gasteiger partial charge in [-0.3, -0.25) is 14.9 Å². The van der Waals surface area contributed by atoms with E-state index >= 15 is 0 Å². The van der Waals surface area contributed by atoms with E-state index in [2.05, 4.69) is 15.9 Å². The summed E-state index contributed by atoms with van der Waals surface area (Å²) in [5.74, 6) is -0.366. The summed E-state index contributed by atoms with van der Waals surface area (Å²) in [5.41, 5.74) is -0.185. The molecule has 5 nitrogen and oxygen atoms in total. The fourth-order valence-corrected chi connectivity index (χ4v) is 2.24. The van der Waals surface area contributed by atoms with Gasteiger partial charge in [0.1, 0.15) is 5.56 Å². The van der Waals surface area contributed by atoms with Crippen molar-refractivity contribution in [3.8, 4) is 0 Å². The van der Waals surface area contributed by atoms with E-state index < -0.39 is 4.92 Å². The van der Waals surface area contributed by atoms with Crippen LogP contribution < -0.4 is 0 Å². The lowest BCUT2D eigenvalue weighted by Gasteiger charge is -2.26. The summed E-state index contributed by atoms with van der Waals surface area (Å²) >= 11 is 9.17. The number of alkyl halides is 1. The predicted molar refractivity (Wildman–Crippen MR) is 82.7 cm³/mol. The number of nitro groups is 1. The van der Waals surface area contributed by atoms with E-state index in [4.69, 9.17) is 11.6 Å². The molecule has 1 aromatic carbocycles. The number of amides is 1. The highest BCUT2D eigenvalue weighted by molar-refractivity contribution is 9.09. The number of rotatable bonds is 6. The Hall–Kier alpha value is -1.14. The summed E-state index contributed by atoms with van der Waals surface area (Å²) in [5, 5.41) is 12.1. The van der Waals surface area contributed by atoms with Crippen molar-refractivity contribution in [2.45, 2.75) is 26.3 Å². The SMILES string of the molecule is CC(C)N(CCCBr)C(=O)c1cc(Cl)ccc1[N+](=O)[O-]. The highest BCUT2D eigenvalue weighted by atomic mass is 79.9. The van der Waals surface area contributed by atoms with E-state index in [1.807, 2.05) is 13.8 Å². The van der Waals surface area contributed by atoms with Gasteiger partial charge in [-0.15, -0.1) is 0 Å². The largest absolute Gasteiger partial charge is 0.336 e. The molecule has 1 aromatic rings. The highest BCUT2D eigenvalue weighted by Crippen LogP contribution is 2.25. The lowest BCUT2D eigenvalue weighted by molar-refractivity contribution is -0.385. The number of carbonyl (C=O) groups is 1. The first kappa shape index (κ1) is 16.9. The summed E-state index contributed by atoms with van der Waals surface area (Å²) in [7, 11) is 0. The van der Waals surface area contributed by atoms with Gasteiger partial charge in [0.15, 0.2) is 0 Å². The van der Waals surface area contributed by atoms with Gasteiger partial charge in [0.25, 0.3) is 11.6 Å². The average molecular weight is 364 g/mol. The van der Waals surface area contributed by atoms with Gasteiger partial charge in [0.05, 0.1) is 4.92 Å². The fraction of sp³-hybridized carbons (Fsp3) is 0.462. The standard InChI is InChI=1S/C13H16BrClN2O3/c1-9(2)16(7-3-6-14)13(18)11-8-10(15)4-5-12(11)17(19)20/h4-5,8-9H,3,6-7H2,1-2H3. The van der Waals surface area contributed by atoms with Crippen molar-refractivity contribution < 1.29 is 9.72 Å². The van der Waals surface area contributed by atoms with Crippen molar-refractivity contribution in [2.75, 3.05) is 11.9 Å². The zero-order valence-corrected chi connectivity index (χ0v) is 13.6. The molecule has 20 heavy (non-hydrogen) atoms. The lowest BCUT2D eigenvalue weighted by atomic mass is 10.1. The zero-order chi connectivity index (χ0) is 15.3. The van der Waals surface area contributed by atoms with Crippen molar-refractivity contribution in [1.29, 1.82) is 0 Å². The number of hydrogen-bond donors (Lipinski definition) is 0. The minimum Gasteiger partial charge on any atom is -0.336 e. The molecule has 1 rings (SSSR count). The van der Waals surface area contributed by atoms with E-state index in [-0.39, 0.29) is 23.2 Å². The van der Waals surface area contributed by atoms with Crippen LogP contribution in [0.1, 0.15) is 30.6 Å². The predicted octanol–water partition coefficient (Wildman–Crippen LogP) is 3.88. The van der Waals surface area contributed by atoms with Gasteiger partial charge in [-0.05, 0) is 32.4 Å². The van der Waals surface area contributed by atoms with E-state index in [1.165, 1.54) is 18.2 Å². The molecule has 7 heteroatoms. The van der Waals surface area contributed by atoms with Gasteiger partial charge in [-0.1, -0.05) is 27.5 Å². The summed E-state index contributed by atoms with van der Waals surface area (Å²) in [6.07, 6.45) is 0.776. The minimum atomic E-state index is -0.563. The monoisotopic (exact) mass is 362 g/mol. The smallest absolute Gasteiger partial charge is 0.282 e. The van der Waals surface area contributed by atoms with E-state index in [0.29, 0.717) is 11.6 Å². The van der Waals surface area contributed by atoms with Crippen molar-refractivity contribution in [3.05, 3.63) is 38.9 Å². The Morgan fingerprint density at radius 3 is 2.65 bits per heavy atom. The van der Waals surface area contributed by atoms with Crippen LogP contribution in [0.4, 0.5) is 5.69 Å². The molecule has 110 valence electrons. The minimum absolute atomic E-state index is 0.0331. The normalized spacial score (nSPS) is 10.7. The van der Waals surface area contributed by atoms with Crippen molar-refractivity contribution in [3.63, 3.8) is 0 Å². The van der Waals surface area contributed by atoms with Gasteiger partial charge in [-0.2, -0.15) is 0 Å². The van der Waals surface area contributed by atoms with Crippen LogP contribution in [0.2, 0.25) is 5.02 Å². The summed E-state index contributed by atoms with van der Waals surface area (Å²) < 4.78 is 0. The first-order valence-corrected chi connectivity index (χ1v) is 7.69. The molecule has 1 amide bonds. The molecule has 0 bridgehead atoms. The van der Waals surface area contributed by atoms with Crippen LogP contribution in [0.15, 0.2) is 18.2 Å². The van der Waals surface area contributed by atoms with Gasteiger partial charge >= 0.3 is 0 Å². The topological polar surface area (TPSA) is 63.5 Å². The quantitative estimate of drug-likeness (QED) is 0.437. The van der Waals surface area contributed by atoms with Crippen LogP contribution in [0.5, 0.6) is 0 Å². The summed E-state index contributed by atoms with van der Waals surface area (Å²) in [6, 6.07) is 3.99. The molecule has 0 aliphatic heterocycles. The maximum atomic E-state index is 12.5. The maximum absolute atomic E-state index is 12.5. The third-order valence-corrected chi connectivity index (χ3v) is 3.60. The second-order valence-electron chi connectivity index (χ2n) is 4.55. The first-order valence-electron chi connectivity index (χ1n) is 6.19. The van der Waals surface area contributed by atoms with Gasteiger partial charge in [0, 0.05) is 29.0 Å². The van der Waals surface area contributed by atoms with E-state index in [1.54, 1.807) is 4.90 Å².